The van der Waals surface area contributed by atoms with E-state index in [1.165, 1.54) is 0 Å². The molecule has 0 aromatic carbocycles. The molecule has 0 unspecified atom stereocenters. The van der Waals surface area contributed by atoms with E-state index in [9.17, 15) is 24.9 Å². The maximum Gasteiger partial charge on any atom is 0.410 e. The highest BCUT2D eigenvalue weighted by atomic mass is 16.6. The Bertz CT molecular complexity index is 1160. The van der Waals surface area contributed by atoms with Gasteiger partial charge < -0.3 is 34.4 Å². The number of esters is 1. The molecule has 10 nitrogen and oxygen atoms in total. The first-order valence-corrected chi connectivity index (χ1v) is 18.0. The van der Waals surface area contributed by atoms with E-state index >= 15 is 0 Å². The van der Waals surface area contributed by atoms with Crippen molar-refractivity contribution in [2.75, 3.05) is 26.2 Å². The number of hydrogen-bond acceptors (Lipinski definition) is 9. The molecule has 3 aliphatic heterocycles. The van der Waals surface area contributed by atoms with Gasteiger partial charge in [0.05, 0.1) is 23.9 Å². The smallest absolute Gasteiger partial charge is 0.410 e. The fourth-order valence-corrected chi connectivity index (χ4v) is 6.72. The van der Waals surface area contributed by atoms with Crippen LogP contribution in [-0.2, 0) is 19.0 Å². The second-order valence-corrected chi connectivity index (χ2v) is 16.1. The maximum atomic E-state index is 13.3. The molecule has 3 N–H and O–H groups in total. The van der Waals surface area contributed by atoms with Gasteiger partial charge in [0, 0.05) is 56.4 Å². The molecule has 0 bridgehead atoms. The molecule has 2 saturated heterocycles. The Morgan fingerprint density at radius 1 is 1.17 bits per heavy atom. The van der Waals surface area contributed by atoms with Crippen LogP contribution in [0.3, 0.4) is 0 Å². The van der Waals surface area contributed by atoms with Crippen LogP contribution < -0.4 is 0 Å². The van der Waals surface area contributed by atoms with E-state index in [0.717, 1.165) is 18.7 Å². The first-order chi connectivity index (χ1) is 22.2. The quantitative estimate of drug-likeness (QED) is 0.127. The lowest BCUT2D eigenvalue weighted by molar-refractivity contribution is -0.150. The fraction of sp³-hybridized carbons (Fsp3) is 0.789. The second kappa shape index (κ2) is 16.6. The zero-order valence-electron chi connectivity index (χ0n) is 31.1. The molecule has 48 heavy (non-hydrogen) atoms. The third-order valence-electron chi connectivity index (χ3n) is 10.4. The Balaban J connectivity index is 1.74. The van der Waals surface area contributed by atoms with Crippen LogP contribution >= 0.6 is 0 Å². The molecule has 3 aliphatic rings. The van der Waals surface area contributed by atoms with Crippen molar-refractivity contribution in [2.24, 2.45) is 17.8 Å². The molecule has 0 aliphatic carbocycles. The van der Waals surface area contributed by atoms with Gasteiger partial charge in [-0.1, -0.05) is 52.0 Å². The molecule has 0 saturated carbocycles. The molecule has 10 atom stereocenters. The highest BCUT2D eigenvalue weighted by molar-refractivity contribution is 5.70. The Morgan fingerprint density at radius 2 is 1.81 bits per heavy atom. The average Bonchev–Trinajstić information content (AvgIpc) is 3.76. The number of aliphatic hydroxyl groups is 3. The largest absolute Gasteiger partial charge is 0.457 e. The first kappa shape index (κ1) is 40.2. The van der Waals surface area contributed by atoms with Crippen molar-refractivity contribution in [2.45, 2.75) is 149 Å². The van der Waals surface area contributed by atoms with Crippen LogP contribution in [0, 0.1) is 17.8 Å². The van der Waals surface area contributed by atoms with Gasteiger partial charge in [-0.3, -0.25) is 9.69 Å². The van der Waals surface area contributed by atoms with Crippen molar-refractivity contribution in [3.8, 4) is 0 Å². The van der Waals surface area contributed by atoms with Crippen LogP contribution in [0.1, 0.15) is 101 Å². The molecular formula is C38H64N2O8. The molecule has 0 radical (unpaired) electrons. The van der Waals surface area contributed by atoms with E-state index in [1.807, 2.05) is 46.8 Å². The average molecular weight is 677 g/mol. The van der Waals surface area contributed by atoms with Crippen molar-refractivity contribution >= 4 is 12.1 Å². The lowest BCUT2D eigenvalue weighted by atomic mass is 9.87. The molecule has 1 amide bonds. The topological polar surface area (TPSA) is 132 Å². The number of carbonyl (C=O) groups is 2. The Hall–Kier alpha value is -2.24. The summed E-state index contributed by atoms with van der Waals surface area (Å²) in [7, 11) is 0. The summed E-state index contributed by atoms with van der Waals surface area (Å²) in [5.41, 5.74) is -1.65. The van der Waals surface area contributed by atoms with Gasteiger partial charge in [-0.25, -0.2) is 4.79 Å². The van der Waals surface area contributed by atoms with Gasteiger partial charge >= 0.3 is 12.1 Å². The monoisotopic (exact) mass is 676 g/mol. The number of allylic oxidation sites excluding steroid dienone is 2. The lowest BCUT2D eigenvalue weighted by Gasteiger charge is -2.42. The first-order valence-electron chi connectivity index (χ1n) is 18.0. The van der Waals surface area contributed by atoms with Gasteiger partial charge in [0.1, 0.15) is 11.7 Å². The predicted octanol–water partition coefficient (Wildman–Crippen LogP) is 5.40. The van der Waals surface area contributed by atoms with Gasteiger partial charge in [-0.05, 0) is 78.4 Å². The zero-order valence-corrected chi connectivity index (χ0v) is 31.1. The van der Waals surface area contributed by atoms with Gasteiger partial charge in [0.15, 0.2) is 6.10 Å². The van der Waals surface area contributed by atoms with Crippen LogP contribution in [0.5, 0.6) is 0 Å². The van der Waals surface area contributed by atoms with E-state index in [-0.39, 0.29) is 47.9 Å². The molecule has 0 spiro atoms. The molecule has 3 rings (SSSR count). The van der Waals surface area contributed by atoms with Crippen LogP contribution in [-0.4, -0.2) is 111 Å². The Morgan fingerprint density at radius 3 is 2.42 bits per heavy atom. The van der Waals surface area contributed by atoms with Crippen molar-refractivity contribution in [1.29, 1.82) is 0 Å². The summed E-state index contributed by atoms with van der Waals surface area (Å²) in [5.74, 6) is -0.646. The summed E-state index contributed by atoms with van der Waals surface area (Å²) in [6, 6.07) is 0. The van der Waals surface area contributed by atoms with Crippen LogP contribution in [0.25, 0.3) is 0 Å². The number of rotatable bonds is 9. The van der Waals surface area contributed by atoms with Gasteiger partial charge in [-0.15, -0.1) is 0 Å². The number of piperazine rings is 1. The number of carbonyl (C=O) groups excluding carboxylic acids is 2. The van der Waals surface area contributed by atoms with E-state index in [0.29, 0.717) is 38.8 Å². The van der Waals surface area contributed by atoms with Crippen molar-refractivity contribution in [3.63, 3.8) is 0 Å². The molecule has 0 aromatic heterocycles. The number of hydrogen-bond donors (Lipinski definition) is 3. The van der Waals surface area contributed by atoms with E-state index in [1.54, 1.807) is 37.0 Å². The SMILES string of the molecule is CC[C@H](O)[C@@H](C)[C@H]1O[C@@H]1C[C@@](C)(O)/C=C/C=C(\C)[C@H]1OC(=O)C[C@H](C)CC[C@@](C)(O)[C@@H](OC(=O)N2CCN(C(C)(C)C)CC2)/C=C/[C@@H]1C. The highest BCUT2D eigenvalue weighted by Crippen LogP contribution is 2.37. The van der Waals surface area contributed by atoms with Crippen molar-refractivity contribution in [3.05, 3.63) is 36.0 Å². The minimum atomic E-state index is -1.33. The predicted molar refractivity (Wildman–Crippen MR) is 187 cm³/mol. The molecule has 2 fully saturated rings. The summed E-state index contributed by atoms with van der Waals surface area (Å²) in [6.45, 7) is 22.2. The summed E-state index contributed by atoms with van der Waals surface area (Å²) in [6.07, 6.45) is 8.55. The van der Waals surface area contributed by atoms with Crippen molar-refractivity contribution < 1.29 is 39.1 Å². The Kier molecular flexibility index (Phi) is 13.9. The normalized spacial score (nSPS) is 34.7. The Labute approximate surface area is 289 Å². The van der Waals surface area contributed by atoms with Gasteiger partial charge in [0.2, 0.25) is 0 Å². The third kappa shape index (κ3) is 11.7. The highest BCUT2D eigenvalue weighted by Gasteiger charge is 2.47. The number of amides is 1. The van der Waals surface area contributed by atoms with Crippen LogP contribution in [0.4, 0.5) is 4.79 Å². The molecule has 0 aromatic rings. The summed E-state index contributed by atoms with van der Waals surface area (Å²) in [4.78, 5) is 30.4. The van der Waals surface area contributed by atoms with E-state index < -0.39 is 35.6 Å². The number of epoxide rings is 1. The molecule has 274 valence electrons. The van der Waals surface area contributed by atoms with Crippen LogP contribution in [0.15, 0.2) is 36.0 Å². The van der Waals surface area contributed by atoms with E-state index in [2.05, 4.69) is 25.7 Å². The molecular weight excluding hydrogens is 612 g/mol. The van der Waals surface area contributed by atoms with Crippen molar-refractivity contribution in [1.82, 2.24) is 9.80 Å². The minimum absolute atomic E-state index is 0.00550. The molecule has 3 heterocycles. The number of aliphatic hydroxyl groups excluding tert-OH is 1. The maximum absolute atomic E-state index is 13.3. The summed E-state index contributed by atoms with van der Waals surface area (Å²) in [5, 5.41) is 32.8. The zero-order chi connectivity index (χ0) is 36.0. The second-order valence-electron chi connectivity index (χ2n) is 16.1. The fourth-order valence-electron chi connectivity index (χ4n) is 6.72. The lowest BCUT2D eigenvalue weighted by Crippen LogP contribution is -2.55. The summed E-state index contributed by atoms with van der Waals surface area (Å²) < 4.78 is 17.8. The minimum Gasteiger partial charge on any atom is -0.457 e. The third-order valence-corrected chi connectivity index (χ3v) is 10.4. The standard InChI is InChI=1S/C38H64N2O8/c1-11-29(41)28(5)34-30(46-34)24-37(9,44)17-12-13-26(3)33-27(4)14-15-31(38(10,45)18-16-25(2)23-32(42)48-33)47-35(43)39-19-21-40(22-20-39)36(6,7)8/h12-15,17,25,27-31,33-34,41,44-45H,11,16,18-24H2,1-10H3/b15-14+,17-12+,26-13+/t25-,27+,28-,29+,30-,31+,33-,34-,37+,38-/m1/s1. The number of ether oxygens (including phenoxy) is 3. The number of cyclic esters (lactones) is 1. The van der Waals surface area contributed by atoms with E-state index in [4.69, 9.17) is 14.2 Å². The molecule has 10 heteroatoms. The van der Waals surface area contributed by atoms with Crippen LogP contribution in [0.2, 0.25) is 0 Å². The number of nitrogens with zero attached hydrogens (tertiary/aromatic N) is 2. The summed E-state index contributed by atoms with van der Waals surface area (Å²) >= 11 is 0. The van der Waals surface area contributed by atoms with Gasteiger partial charge in [-0.2, -0.15) is 0 Å². The van der Waals surface area contributed by atoms with Gasteiger partial charge in [0.25, 0.3) is 0 Å².